The fraction of sp³-hybridized carbons (Fsp3) is 0.667. The third-order valence-corrected chi connectivity index (χ3v) is 2.88. The molecule has 0 saturated heterocycles. The van der Waals surface area contributed by atoms with Crippen LogP contribution in [0.5, 0.6) is 0 Å². The third-order valence-electron chi connectivity index (χ3n) is 2.88. The van der Waals surface area contributed by atoms with Gasteiger partial charge in [0.1, 0.15) is 6.04 Å². The minimum absolute atomic E-state index is 0.245. The van der Waals surface area contributed by atoms with Crippen molar-refractivity contribution in [1.29, 1.82) is 0 Å². The summed E-state index contributed by atoms with van der Waals surface area (Å²) >= 11 is 0. The van der Waals surface area contributed by atoms with Crippen molar-refractivity contribution < 1.29 is 9.90 Å². The molecular formula is C12H21N3O2. The largest absolute Gasteiger partial charge is 0.480 e. The highest BCUT2D eigenvalue weighted by molar-refractivity contribution is 5.75. The molecule has 1 aromatic rings. The van der Waals surface area contributed by atoms with Crippen molar-refractivity contribution in [2.24, 2.45) is 0 Å². The topological polar surface area (TPSA) is 58.4 Å². The Labute approximate surface area is 102 Å². The molecule has 0 bridgehead atoms. The molecule has 1 aromatic heterocycles. The molecule has 1 N–H and O–H groups in total. The summed E-state index contributed by atoms with van der Waals surface area (Å²) in [6, 6.07) is -0.354. The highest BCUT2D eigenvalue weighted by Gasteiger charge is 2.26. The van der Waals surface area contributed by atoms with Crippen molar-refractivity contribution >= 4 is 5.97 Å². The second-order valence-electron chi connectivity index (χ2n) is 4.31. The lowest BCUT2D eigenvalue weighted by Gasteiger charge is -2.25. The van der Waals surface area contributed by atoms with E-state index in [2.05, 4.69) is 5.10 Å². The van der Waals surface area contributed by atoms with E-state index in [1.54, 1.807) is 10.9 Å². The predicted molar refractivity (Wildman–Crippen MR) is 65.9 cm³/mol. The van der Waals surface area contributed by atoms with Crippen LogP contribution in [-0.4, -0.2) is 38.8 Å². The van der Waals surface area contributed by atoms with Crippen molar-refractivity contribution in [1.82, 2.24) is 14.7 Å². The minimum atomic E-state index is -0.822. The average molecular weight is 239 g/mol. The lowest BCUT2D eigenvalue weighted by molar-refractivity contribution is -0.143. The first kappa shape index (κ1) is 13.7. The summed E-state index contributed by atoms with van der Waals surface area (Å²) < 4.78 is 1.79. The number of aromatic nitrogens is 2. The molecular weight excluding hydrogens is 218 g/mol. The zero-order valence-corrected chi connectivity index (χ0v) is 10.9. The molecule has 0 amide bonds. The maximum Gasteiger partial charge on any atom is 0.325 e. The molecule has 5 heteroatoms. The van der Waals surface area contributed by atoms with Gasteiger partial charge < -0.3 is 5.11 Å². The maximum absolute atomic E-state index is 11.4. The highest BCUT2D eigenvalue weighted by atomic mass is 16.4. The molecule has 5 nitrogen and oxygen atoms in total. The Morgan fingerprint density at radius 3 is 2.41 bits per heavy atom. The second kappa shape index (κ2) is 5.82. The summed E-state index contributed by atoms with van der Waals surface area (Å²) in [6.45, 7) is 9.38. The third kappa shape index (κ3) is 3.06. The normalized spacial score (nSPS) is 13.3. The van der Waals surface area contributed by atoms with Crippen LogP contribution in [0, 0.1) is 0 Å². The van der Waals surface area contributed by atoms with Gasteiger partial charge in [-0.25, -0.2) is 0 Å². The molecule has 96 valence electrons. The van der Waals surface area contributed by atoms with Gasteiger partial charge in [-0.1, -0.05) is 13.8 Å². The molecule has 0 spiro atoms. The van der Waals surface area contributed by atoms with Gasteiger partial charge in [0.05, 0.1) is 6.20 Å². The first-order chi connectivity index (χ1) is 8.01. The molecule has 1 atom stereocenters. The van der Waals surface area contributed by atoms with E-state index in [0.29, 0.717) is 13.1 Å². The van der Waals surface area contributed by atoms with Gasteiger partial charge in [-0.15, -0.1) is 0 Å². The molecule has 0 aliphatic heterocycles. The Kier molecular flexibility index (Phi) is 4.69. The van der Waals surface area contributed by atoms with Gasteiger partial charge in [0.15, 0.2) is 0 Å². The van der Waals surface area contributed by atoms with Crippen LogP contribution in [0.1, 0.15) is 45.3 Å². The zero-order chi connectivity index (χ0) is 13.0. The van der Waals surface area contributed by atoms with E-state index in [9.17, 15) is 9.90 Å². The molecule has 17 heavy (non-hydrogen) atoms. The van der Waals surface area contributed by atoms with E-state index in [-0.39, 0.29) is 6.04 Å². The van der Waals surface area contributed by atoms with Crippen LogP contribution in [0.3, 0.4) is 0 Å². The molecule has 1 rings (SSSR count). The summed E-state index contributed by atoms with van der Waals surface area (Å²) in [5.41, 5.74) is 0.745. The Balaban J connectivity index is 3.01. The van der Waals surface area contributed by atoms with Crippen molar-refractivity contribution in [3.63, 3.8) is 0 Å². The number of likely N-dealkylation sites (N-methyl/N-ethyl adjacent to an activating group) is 1. The molecule has 0 aliphatic carbocycles. The van der Waals surface area contributed by atoms with Crippen molar-refractivity contribution in [2.45, 2.75) is 39.8 Å². The molecule has 0 aromatic carbocycles. The second-order valence-corrected chi connectivity index (χ2v) is 4.31. The molecule has 0 fully saturated rings. The quantitative estimate of drug-likeness (QED) is 0.824. The number of rotatable bonds is 6. The summed E-state index contributed by atoms with van der Waals surface area (Å²) in [5, 5.41) is 13.5. The smallest absolute Gasteiger partial charge is 0.325 e. The van der Waals surface area contributed by atoms with Gasteiger partial charge >= 0.3 is 5.97 Å². The van der Waals surface area contributed by atoms with Crippen LogP contribution in [0.4, 0.5) is 0 Å². The van der Waals surface area contributed by atoms with E-state index in [1.165, 1.54) is 0 Å². The maximum atomic E-state index is 11.4. The summed E-state index contributed by atoms with van der Waals surface area (Å²) in [7, 11) is 0. The van der Waals surface area contributed by atoms with Crippen LogP contribution >= 0.6 is 0 Å². The number of carboxylic acid groups (broad SMARTS) is 1. The summed E-state index contributed by atoms with van der Waals surface area (Å²) in [4.78, 5) is 13.3. The van der Waals surface area contributed by atoms with Gasteiger partial charge in [0.2, 0.25) is 0 Å². The number of aliphatic carboxylic acids is 1. The van der Waals surface area contributed by atoms with Crippen LogP contribution in [-0.2, 0) is 4.79 Å². The first-order valence-electron chi connectivity index (χ1n) is 6.02. The van der Waals surface area contributed by atoms with E-state index in [1.807, 2.05) is 38.8 Å². The first-order valence-corrected chi connectivity index (χ1v) is 6.02. The van der Waals surface area contributed by atoms with Gasteiger partial charge in [-0.3, -0.25) is 14.4 Å². The Morgan fingerprint density at radius 2 is 2.06 bits per heavy atom. The van der Waals surface area contributed by atoms with Gasteiger partial charge in [0, 0.05) is 17.8 Å². The fourth-order valence-electron chi connectivity index (χ4n) is 1.87. The lowest BCUT2D eigenvalue weighted by Crippen LogP contribution is -2.33. The van der Waals surface area contributed by atoms with Crippen LogP contribution in [0.2, 0.25) is 0 Å². The average Bonchev–Trinajstić information content (AvgIpc) is 2.73. The van der Waals surface area contributed by atoms with Gasteiger partial charge in [-0.05, 0) is 26.9 Å². The molecule has 1 unspecified atom stereocenters. The van der Waals surface area contributed by atoms with Crippen molar-refractivity contribution in [2.75, 3.05) is 13.1 Å². The molecule has 0 radical (unpaired) electrons. The number of hydrogen-bond acceptors (Lipinski definition) is 3. The van der Waals surface area contributed by atoms with E-state index < -0.39 is 12.0 Å². The van der Waals surface area contributed by atoms with Gasteiger partial charge in [-0.2, -0.15) is 5.10 Å². The highest BCUT2D eigenvalue weighted by Crippen LogP contribution is 2.21. The summed E-state index contributed by atoms with van der Waals surface area (Å²) in [6.07, 6.45) is 3.47. The Bertz CT molecular complexity index is 370. The number of carboxylic acids is 1. The van der Waals surface area contributed by atoms with Crippen molar-refractivity contribution in [3.05, 3.63) is 18.0 Å². The molecule has 0 aliphatic rings. The summed E-state index contributed by atoms with van der Waals surface area (Å²) in [5.74, 6) is -0.822. The fourth-order valence-corrected chi connectivity index (χ4v) is 1.87. The van der Waals surface area contributed by atoms with Crippen LogP contribution in [0.25, 0.3) is 0 Å². The van der Waals surface area contributed by atoms with Crippen molar-refractivity contribution in [3.8, 4) is 0 Å². The van der Waals surface area contributed by atoms with Gasteiger partial charge in [0.25, 0.3) is 0 Å². The zero-order valence-electron chi connectivity index (χ0n) is 10.9. The van der Waals surface area contributed by atoms with E-state index in [4.69, 9.17) is 0 Å². The number of hydrogen-bond donors (Lipinski definition) is 1. The minimum Gasteiger partial charge on any atom is -0.480 e. The van der Waals surface area contributed by atoms with Crippen LogP contribution < -0.4 is 0 Å². The number of carbonyl (C=O) groups is 1. The molecule has 0 saturated carbocycles. The van der Waals surface area contributed by atoms with Crippen LogP contribution in [0.15, 0.2) is 12.4 Å². The van der Waals surface area contributed by atoms with E-state index in [0.717, 1.165) is 5.56 Å². The van der Waals surface area contributed by atoms with E-state index >= 15 is 0 Å². The predicted octanol–water partition coefficient (Wildman–Crippen LogP) is 1.93. The Hall–Kier alpha value is -1.36. The SMILES string of the molecule is CCN(CC)C(C(=O)O)c1cnn(C(C)C)c1. The number of nitrogens with zero attached hydrogens (tertiary/aromatic N) is 3. The lowest BCUT2D eigenvalue weighted by atomic mass is 10.1. The Morgan fingerprint density at radius 1 is 1.47 bits per heavy atom. The monoisotopic (exact) mass is 239 g/mol. The molecule has 1 heterocycles. The standard InChI is InChI=1S/C12H21N3O2/c1-5-14(6-2)11(12(16)17)10-7-13-15(8-10)9(3)4/h7-9,11H,5-6H2,1-4H3,(H,16,17).